The summed E-state index contributed by atoms with van der Waals surface area (Å²) in [5.74, 6) is 0.828. The largest absolute Gasteiger partial charge is 0.312 e. The van der Waals surface area contributed by atoms with Crippen LogP contribution in [0, 0.1) is 0 Å². The van der Waals surface area contributed by atoms with E-state index in [2.05, 4.69) is 9.71 Å². The third kappa shape index (κ3) is 1.23. The second-order valence-electron chi connectivity index (χ2n) is 1.48. The van der Waals surface area contributed by atoms with E-state index < -0.39 is 0 Å². The first-order valence-electron chi connectivity index (χ1n) is 2.26. The van der Waals surface area contributed by atoms with E-state index in [4.69, 9.17) is 0 Å². The van der Waals surface area contributed by atoms with Gasteiger partial charge in [-0.05, 0) is 6.92 Å². The molecule has 0 aromatic carbocycles. The molecule has 0 saturated heterocycles. The lowest BCUT2D eigenvalue weighted by Gasteiger charge is -2.06. The van der Waals surface area contributed by atoms with Gasteiger partial charge in [0.15, 0.2) is 0 Å². The number of carbonyl (C=O) groups is 1. The molecule has 0 unspecified atom stereocenters. The van der Waals surface area contributed by atoms with Gasteiger partial charge in [-0.15, -0.1) is 0 Å². The highest BCUT2D eigenvalue weighted by molar-refractivity contribution is 8.12. The van der Waals surface area contributed by atoms with Crippen LogP contribution in [0.5, 0.6) is 0 Å². The number of hydrogen-bond acceptors (Lipinski definition) is 4. The minimum absolute atomic E-state index is 0.0793. The molecule has 1 rings (SSSR count). The van der Waals surface area contributed by atoms with Crippen LogP contribution < -0.4 is 4.72 Å². The highest BCUT2D eigenvalue weighted by atomic mass is 32.2. The number of carbonyl (C=O) groups excluding carboxylic acids is 1. The van der Waals surface area contributed by atoms with E-state index in [0.717, 1.165) is 17.8 Å². The quantitative estimate of drug-likeness (QED) is 0.476. The summed E-state index contributed by atoms with van der Waals surface area (Å²) in [4.78, 5) is 14.2. The number of nitrogens with one attached hydrogen (secondary N) is 1. The van der Waals surface area contributed by atoms with Crippen LogP contribution in [0.25, 0.3) is 0 Å². The van der Waals surface area contributed by atoms with Crippen molar-refractivity contribution in [2.45, 2.75) is 6.92 Å². The normalized spacial score (nSPS) is 19.6. The zero-order chi connectivity index (χ0) is 5.98. The minimum atomic E-state index is 0.0793. The summed E-state index contributed by atoms with van der Waals surface area (Å²) in [6, 6.07) is 0. The van der Waals surface area contributed by atoms with Crippen molar-refractivity contribution in [2.75, 3.05) is 6.54 Å². The van der Waals surface area contributed by atoms with Crippen LogP contribution in [-0.2, 0) is 4.79 Å². The Morgan fingerprint density at radius 1 is 1.88 bits per heavy atom. The van der Waals surface area contributed by atoms with Crippen LogP contribution >= 0.6 is 11.9 Å². The molecule has 0 spiro atoms. The highest BCUT2D eigenvalue weighted by Crippen LogP contribution is 2.01. The smallest absolute Gasteiger partial charge is 0.230 e. The lowest BCUT2D eigenvalue weighted by molar-refractivity contribution is -0.109. The van der Waals surface area contributed by atoms with E-state index in [1.807, 2.05) is 6.92 Å². The molecule has 0 aliphatic carbocycles. The van der Waals surface area contributed by atoms with Crippen molar-refractivity contribution >= 4 is 22.9 Å². The Morgan fingerprint density at radius 2 is 2.62 bits per heavy atom. The third-order valence-corrected chi connectivity index (χ3v) is 1.51. The molecule has 8 heavy (non-hydrogen) atoms. The van der Waals surface area contributed by atoms with E-state index >= 15 is 0 Å². The van der Waals surface area contributed by atoms with Crippen LogP contribution in [0.2, 0.25) is 0 Å². The summed E-state index contributed by atoms with van der Waals surface area (Å²) >= 11 is 1.11. The van der Waals surface area contributed by atoms with Gasteiger partial charge in [-0.3, -0.25) is 9.79 Å². The molecule has 0 bridgehead atoms. The van der Waals surface area contributed by atoms with Crippen molar-refractivity contribution < 1.29 is 4.79 Å². The average molecular weight is 130 g/mol. The number of rotatable bonds is 0. The van der Waals surface area contributed by atoms with E-state index in [1.165, 1.54) is 0 Å². The molecule has 0 radical (unpaired) electrons. The summed E-state index contributed by atoms with van der Waals surface area (Å²) in [5, 5.41) is 0.0793. The van der Waals surface area contributed by atoms with Crippen LogP contribution in [0.15, 0.2) is 4.99 Å². The van der Waals surface area contributed by atoms with Gasteiger partial charge in [-0.25, -0.2) is 0 Å². The Bertz CT molecular complexity index is 143. The molecule has 0 fully saturated rings. The zero-order valence-electron chi connectivity index (χ0n) is 4.47. The Kier molecular flexibility index (Phi) is 1.53. The molecule has 0 amide bonds. The van der Waals surface area contributed by atoms with Gasteiger partial charge >= 0.3 is 0 Å². The van der Waals surface area contributed by atoms with Gasteiger partial charge in [0.05, 0.1) is 0 Å². The molecular weight excluding hydrogens is 124 g/mol. The fraction of sp³-hybridized carbons (Fsp3) is 0.500. The molecule has 0 aromatic rings. The maximum absolute atomic E-state index is 10.4. The topological polar surface area (TPSA) is 41.5 Å². The highest BCUT2D eigenvalue weighted by Gasteiger charge is 2.06. The predicted molar refractivity (Wildman–Crippen MR) is 33.7 cm³/mol. The molecule has 0 saturated carbocycles. The number of hydrogen-bond donors (Lipinski definition) is 1. The van der Waals surface area contributed by atoms with Crippen LogP contribution in [0.1, 0.15) is 6.92 Å². The summed E-state index contributed by atoms with van der Waals surface area (Å²) < 4.78 is 2.75. The number of aliphatic imine (C=N–C) groups is 1. The summed E-state index contributed by atoms with van der Waals surface area (Å²) in [6.45, 7) is 2.16. The fourth-order valence-corrected chi connectivity index (χ4v) is 0.834. The fourth-order valence-electron chi connectivity index (χ4n) is 0.378. The SMILES string of the molecule is CC1=NCC(=O)SN1. The second-order valence-corrected chi connectivity index (χ2v) is 2.34. The molecule has 0 aromatic heterocycles. The van der Waals surface area contributed by atoms with Crippen LogP contribution in [0.4, 0.5) is 0 Å². The van der Waals surface area contributed by atoms with Crippen molar-refractivity contribution in [3.63, 3.8) is 0 Å². The van der Waals surface area contributed by atoms with Crippen molar-refractivity contribution in [1.82, 2.24) is 4.72 Å². The van der Waals surface area contributed by atoms with Gasteiger partial charge in [0.1, 0.15) is 12.4 Å². The maximum Gasteiger partial charge on any atom is 0.230 e. The van der Waals surface area contributed by atoms with Gasteiger partial charge in [0.25, 0.3) is 0 Å². The van der Waals surface area contributed by atoms with Gasteiger partial charge in [-0.2, -0.15) is 0 Å². The van der Waals surface area contributed by atoms with Gasteiger partial charge in [0.2, 0.25) is 5.12 Å². The molecule has 44 valence electrons. The minimum Gasteiger partial charge on any atom is -0.312 e. The Balaban J connectivity index is 2.55. The summed E-state index contributed by atoms with van der Waals surface area (Å²) in [5.41, 5.74) is 0. The number of nitrogens with zero attached hydrogens (tertiary/aromatic N) is 1. The van der Waals surface area contributed by atoms with Crippen LogP contribution in [-0.4, -0.2) is 17.5 Å². The third-order valence-electron chi connectivity index (χ3n) is 0.758. The van der Waals surface area contributed by atoms with Crippen LogP contribution in [0.3, 0.4) is 0 Å². The van der Waals surface area contributed by atoms with Crippen molar-refractivity contribution in [2.24, 2.45) is 4.99 Å². The molecule has 4 heteroatoms. The van der Waals surface area contributed by atoms with E-state index in [1.54, 1.807) is 0 Å². The monoisotopic (exact) mass is 130 g/mol. The van der Waals surface area contributed by atoms with Gasteiger partial charge in [0, 0.05) is 11.9 Å². The van der Waals surface area contributed by atoms with E-state index in [-0.39, 0.29) is 5.12 Å². The average Bonchev–Trinajstić information content (AvgIpc) is 1.77. The zero-order valence-corrected chi connectivity index (χ0v) is 5.29. The molecule has 1 N–H and O–H groups in total. The summed E-state index contributed by atoms with van der Waals surface area (Å²) in [7, 11) is 0. The van der Waals surface area contributed by atoms with Gasteiger partial charge in [-0.1, -0.05) is 0 Å². The first-order chi connectivity index (χ1) is 3.79. The molecule has 0 atom stereocenters. The lowest BCUT2D eigenvalue weighted by Crippen LogP contribution is -2.21. The molecule has 1 heterocycles. The van der Waals surface area contributed by atoms with E-state index in [9.17, 15) is 4.79 Å². The Labute approximate surface area is 51.7 Å². The van der Waals surface area contributed by atoms with Crippen molar-refractivity contribution in [3.05, 3.63) is 0 Å². The first-order valence-corrected chi connectivity index (χ1v) is 3.07. The summed E-state index contributed by atoms with van der Waals surface area (Å²) in [6.07, 6.45) is 0. The van der Waals surface area contributed by atoms with Crippen molar-refractivity contribution in [3.8, 4) is 0 Å². The molecule has 3 nitrogen and oxygen atoms in total. The maximum atomic E-state index is 10.4. The number of amidine groups is 1. The first kappa shape index (κ1) is 5.62. The predicted octanol–water partition coefficient (Wildman–Crippen LogP) is 0.183. The Morgan fingerprint density at radius 3 is 3.00 bits per heavy atom. The van der Waals surface area contributed by atoms with Gasteiger partial charge < -0.3 is 4.72 Å². The van der Waals surface area contributed by atoms with Crippen molar-refractivity contribution in [1.29, 1.82) is 0 Å². The molecular formula is C4H6N2OS. The standard InChI is InChI=1S/C4H6N2OS/c1-3-5-2-4(7)8-6-3/h2H2,1H3,(H,5,6). The Hall–Kier alpha value is -0.510. The second kappa shape index (κ2) is 2.17. The molecule has 1 aliphatic rings. The van der Waals surface area contributed by atoms with E-state index in [0.29, 0.717) is 6.54 Å². The lowest BCUT2D eigenvalue weighted by atomic mass is 10.6. The molecule has 1 aliphatic heterocycles.